The standard InChI is InChI=1S/C35H27F2N3O4S/c1-21-31(33(41)39-26-11-7-4-8-12-26)32(23-9-5-3-6-10-23)40-34(42)30(45-35(40)38-21)18-22-13-15-28(43-2)24(17-22)20-44-29-16-14-25(36)19-27(29)37/h3-19,32H,20H2,1-2H3,(H,39,41)/t32-/m1/s1. The average molecular weight is 624 g/mol. The second kappa shape index (κ2) is 12.7. The summed E-state index contributed by atoms with van der Waals surface area (Å²) in [6, 6.07) is 26.2. The maximum atomic E-state index is 14.2. The number of hydrogen-bond donors (Lipinski definition) is 1. The largest absolute Gasteiger partial charge is 0.496 e. The van der Waals surface area contributed by atoms with E-state index in [1.54, 1.807) is 47.9 Å². The number of halogens is 2. The molecular formula is C35H27F2N3O4S. The summed E-state index contributed by atoms with van der Waals surface area (Å²) in [6.07, 6.45) is 1.73. The third kappa shape index (κ3) is 6.18. The van der Waals surface area contributed by atoms with Crippen LogP contribution in [0, 0.1) is 11.6 Å². The zero-order chi connectivity index (χ0) is 31.5. The van der Waals surface area contributed by atoms with Crippen molar-refractivity contribution in [3.05, 3.63) is 156 Å². The predicted octanol–water partition coefficient (Wildman–Crippen LogP) is 5.74. The number of fused-ring (bicyclic) bond motifs is 1. The molecule has 0 saturated carbocycles. The molecule has 0 saturated heterocycles. The fourth-order valence-electron chi connectivity index (χ4n) is 5.18. The number of anilines is 1. The summed E-state index contributed by atoms with van der Waals surface area (Å²) in [6.45, 7) is 1.72. The topological polar surface area (TPSA) is 81.9 Å². The Bertz CT molecular complexity index is 2110. The molecule has 1 amide bonds. The van der Waals surface area contributed by atoms with E-state index in [4.69, 9.17) is 9.47 Å². The third-order valence-electron chi connectivity index (χ3n) is 7.29. The molecule has 2 heterocycles. The van der Waals surface area contributed by atoms with Gasteiger partial charge >= 0.3 is 0 Å². The quantitative estimate of drug-likeness (QED) is 0.239. The lowest BCUT2D eigenvalue weighted by Crippen LogP contribution is -2.40. The Kier molecular flexibility index (Phi) is 8.39. The number of nitrogens with one attached hydrogen (secondary N) is 1. The van der Waals surface area contributed by atoms with E-state index in [9.17, 15) is 18.4 Å². The first-order valence-electron chi connectivity index (χ1n) is 14.0. The highest BCUT2D eigenvalue weighted by Gasteiger charge is 2.32. The highest BCUT2D eigenvalue weighted by molar-refractivity contribution is 7.07. The number of aromatic nitrogens is 1. The summed E-state index contributed by atoms with van der Waals surface area (Å²) in [4.78, 5) is 32.8. The van der Waals surface area contributed by atoms with Gasteiger partial charge in [-0.3, -0.25) is 14.2 Å². The number of benzene rings is 4. The molecule has 10 heteroatoms. The smallest absolute Gasteiger partial charge is 0.271 e. The molecule has 45 heavy (non-hydrogen) atoms. The molecule has 7 nitrogen and oxygen atoms in total. The summed E-state index contributed by atoms with van der Waals surface area (Å²) in [5, 5.41) is 2.94. The van der Waals surface area contributed by atoms with Gasteiger partial charge in [0.15, 0.2) is 16.4 Å². The Morgan fingerprint density at radius 2 is 1.69 bits per heavy atom. The number of allylic oxidation sites excluding steroid dienone is 1. The molecule has 0 radical (unpaired) electrons. The van der Waals surface area contributed by atoms with E-state index in [0.717, 1.165) is 17.7 Å². The van der Waals surface area contributed by atoms with E-state index in [-0.39, 0.29) is 23.8 Å². The Labute approximate surface area is 261 Å². The SMILES string of the molecule is COc1ccc(C=c2sc3n(c2=O)[C@H](c2ccccc2)C(C(=O)Nc2ccccc2)=C(C)N=3)cc1COc1ccc(F)cc1F. The second-order valence-corrected chi connectivity index (χ2v) is 11.3. The van der Waals surface area contributed by atoms with Crippen LogP contribution in [0.15, 0.2) is 118 Å². The minimum Gasteiger partial charge on any atom is -0.496 e. The molecule has 5 aromatic rings. The molecule has 0 spiro atoms. The van der Waals surface area contributed by atoms with E-state index in [0.29, 0.717) is 43.2 Å². The van der Waals surface area contributed by atoms with Gasteiger partial charge in [0.2, 0.25) is 0 Å². The molecule has 0 aliphatic carbocycles. The highest BCUT2D eigenvalue weighted by atomic mass is 32.1. The zero-order valence-corrected chi connectivity index (χ0v) is 25.1. The Hall–Kier alpha value is -5.35. The van der Waals surface area contributed by atoms with Gasteiger partial charge in [-0.15, -0.1) is 0 Å². The first-order valence-corrected chi connectivity index (χ1v) is 14.8. The number of methoxy groups -OCH3 is 1. The van der Waals surface area contributed by atoms with Crippen molar-refractivity contribution in [3.63, 3.8) is 0 Å². The molecule has 0 fully saturated rings. The van der Waals surface area contributed by atoms with Crippen molar-refractivity contribution in [2.45, 2.75) is 19.6 Å². The maximum Gasteiger partial charge on any atom is 0.271 e. The van der Waals surface area contributed by atoms with Gasteiger partial charge in [0.05, 0.1) is 29.0 Å². The van der Waals surface area contributed by atoms with Crippen molar-refractivity contribution in [2.75, 3.05) is 12.4 Å². The molecule has 1 N–H and O–H groups in total. The van der Waals surface area contributed by atoms with Crippen LogP contribution in [-0.2, 0) is 11.4 Å². The van der Waals surface area contributed by atoms with Crippen LogP contribution < -0.4 is 29.7 Å². The monoisotopic (exact) mass is 623 g/mol. The van der Waals surface area contributed by atoms with Gasteiger partial charge in [-0.05, 0) is 60.5 Å². The molecule has 0 unspecified atom stereocenters. The molecule has 6 rings (SSSR count). The number of carbonyl (C=O) groups excluding carboxylic acids is 1. The molecule has 226 valence electrons. The van der Waals surface area contributed by atoms with Gasteiger partial charge in [0.25, 0.3) is 11.5 Å². The van der Waals surface area contributed by atoms with Gasteiger partial charge in [0, 0.05) is 17.3 Å². The fourth-order valence-corrected chi connectivity index (χ4v) is 6.23. The van der Waals surface area contributed by atoms with E-state index in [1.807, 2.05) is 48.5 Å². The van der Waals surface area contributed by atoms with Gasteiger partial charge in [-0.1, -0.05) is 65.9 Å². The molecular weight excluding hydrogens is 596 g/mol. The minimum atomic E-state index is -0.814. The number of hydrogen-bond acceptors (Lipinski definition) is 6. The van der Waals surface area contributed by atoms with Crippen molar-refractivity contribution in [3.8, 4) is 11.5 Å². The Balaban J connectivity index is 1.39. The molecule has 1 atom stereocenters. The van der Waals surface area contributed by atoms with Crippen LogP contribution in [0.3, 0.4) is 0 Å². The first-order chi connectivity index (χ1) is 21.8. The minimum absolute atomic E-state index is 0.0538. The summed E-state index contributed by atoms with van der Waals surface area (Å²) in [5.41, 5.74) is 3.27. The summed E-state index contributed by atoms with van der Waals surface area (Å²) < 4.78 is 40.5. The lowest BCUT2D eigenvalue weighted by atomic mass is 9.95. The molecule has 1 aliphatic rings. The van der Waals surface area contributed by atoms with Crippen LogP contribution in [0.1, 0.15) is 29.7 Å². The van der Waals surface area contributed by atoms with Crippen molar-refractivity contribution >= 4 is 29.0 Å². The second-order valence-electron chi connectivity index (χ2n) is 10.2. The number of amides is 1. The van der Waals surface area contributed by atoms with Crippen LogP contribution in [0.4, 0.5) is 14.5 Å². The lowest BCUT2D eigenvalue weighted by molar-refractivity contribution is -0.113. The van der Waals surface area contributed by atoms with Crippen LogP contribution in [0.2, 0.25) is 0 Å². The van der Waals surface area contributed by atoms with Crippen LogP contribution in [0.25, 0.3) is 6.08 Å². The number of para-hydroxylation sites is 1. The Morgan fingerprint density at radius 3 is 2.40 bits per heavy atom. The maximum absolute atomic E-state index is 14.2. The third-order valence-corrected chi connectivity index (χ3v) is 8.28. The predicted molar refractivity (Wildman–Crippen MR) is 169 cm³/mol. The van der Waals surface area contributed by atoms with Gasteiger partial charge in [-0.2, -0.15) is 0 Å². The summed E-state index contributed by atoms with van der Waals surface area (Å²) >= 11 is 1.22. The van der Waals surface area contributed by atoms with E-state index in [2.05, 4.69) is 10.3 Å². The fraction of sp³-hybridized carbons (Fsp3) is 0.114. The van der Waals surface area contributed by atoms with Crippen LogP contribution in [0.5, 0.6) is 11.5 Å². The number of nitrogens with zero attached hydrogens (tertiary/aromatic N) is 2. The summed E-state index contributed by atoms with van der Waals surface area (Å²) in [5.74, 6) is -1.45. The van der Waals surface area contributed by atoms with E-state index in [1.165, 1.54) is 24.5 Å². The lowest BCUT2D eigenvalue weighted by Gasteiger charge is -2.25. The number of carbonyl (C=O) groups is 1. The summed E-state index contributed by atoms with van der Waals surface area (Å²) in [7, 11) is 1.51. The Morgan fingerprint density at radius 1 is 0.978 bits per heavy atom. The number of rotatable bonds is 8. The van der Waals surface area contributed by atoms with Crippen molar-refractivity contribution in [2.24, 2.45) is 4.99 Å². The van der Waals surface area contributed by atoms with Crippen molar-refractivity contribution < 1.29 is 23.0 Å². The van der Waals surface area contributed by atoms with Gasteiger partial charge < -0.3 is 14.8 Å². The first kappa shape index (κ1) is 29.7. The van der Waals surface area contributed by atoms with Crippen molar-refractivity contribution in [1.29, 1.82) is 0 Å². The normalized spacial score (nSPS) is 14.5. The number of thiazole rings is 1. The van der Waals surface area contributed by atoms with Gasteiger partial charge in [0.1, 0.15) is 18.2 Å². The highest BCUT2D eigenvalue weighted by Crippen LogP contribution is 2.31. The average Bonchev–Trinajstić information content (AvgIpc) is 3.34. The van der Waals surface area contributed by atoms with E-state index < -0.39 is 17.7 Å². The van der Waals surface area contributed by atoms with Crippen LogP contribution in [-0.4, -0.2) is 17.6 Å². The zero-order valence-electron chi connectivity index (χ0n) is 24.3. The van der Waals surface area contributed by atoms with Crippen molar-refractivity contribution in [1.82, 2.24) is 4.57 Å². The number of ether oxygens (including phenoxy) is 2. The van der Waals surface area contributed by atoms with Crippen LogP contribution >= 0.6 is 11.3 Å². The molecule has 1 aliphatic heterocycles. The van der Waals surface area contributed by atoms with Gasteiger partial charge in [-0.25, -0.2) is 13.8 Å². The van der Waals surface area contributed by atoms with E-state index >= 15 is 0 Å². The molecule has 4 aromatic carbocycles. The molecule has 0 bridgehead atoms. The molecule has 1 aromatic heterocycles.